The van der Waals surface area contributed by atoms with Crippen molar-refractivity contribution in [2.24, 2.45) is 11.3 Å². The zero-order valence-corrected chi connectivity index (χ0v) is 14.6. The van der Waals surface area contributed by atoms with Gasteiger partial charge in [0.05, 0.1) is 0 Å². The molecule has 118 valence electrons. The maximum absolute atomic E-state index is 3.67. The minimum Gasteiger partial charge on any atom is -0.316 e. The Bertz CT molecular complexity index is 461. The molecule has 0 saturated heterocycles. The van der Waals surface area contributed by atoms with Gasteiger partial charge in [-0.25, -0.2) is 0 Å². The molecule has 0 spiro atoms. The van der Waals surface area contributed by atoms with E-state index >= 15 is 0 Å². The molecule has 1 nitrogen and oxygen atoms in total. The summed E-state index contributed by atoms with van der Waals surface area (Å²) in [5.41, 5.74) is 4.97. The molecule has 0 amide bonds. The highest BCUT2D eigenvalue weighted by atomic mass is 14.9. The van der Waals surface area contributed by atoms with Gasteiger partial charge in [0.1, 0.15) is 0 Å². The third kappa shape index (κ3) is 4.32. The maximum Gasteiger partial charge on any atom is -0.00147 e. The Morgan fingerprint density at radius 2 is 2.00 bits per heavy atom. The number of rotatable bonds is 5. The van der Waals surface area contributed by atoms with Gasteiger partial charge in [-0.1, -0.05) is 44.5 Å². The Morgan fingerprint density at radius 1 is 1.24 bits per heavy atom. The molecule has 1 N–H and O–H groups in total. The van der Waals surface area contributed by atoms with Gasteiger partial charge in [-0.3, -0.25) is 0 Å². The van der Waals surface area contributed by atoms with Gasteiger partial charge in [-0.05, 0) is 81.0 Å². The summed E-state index contributed by atoms with van der Waals surface area (Å²) in [6, 6.07) is 6.99. The summed E-state index contributed by atoms with van der Waals surface area (Å²) < 4.78 is 0. The van der Waals surface area contributed by atoms with E-state index in [4.69, 9.17) is 0 Å². The molecular formula is C20H33N. The van der Waals surface area contributed by atoms with Gasteiger partial charge in [-0.2, -0.15) is 0 Å². The van der Waals surface area contributed by atoms with Crippen molar-refractivity contribution in [2.45, 2.75) is 66.2 Å². The molecule has 21 heavy (non-hydrogen) atoms. The highest BCUT2D eigenvalue weighted by Gasteiger charge is 2.35. The molecule has 0 aromatic heterocycles. The highest BCUT2D eigenvalue weighted by Crippen LogP contribution is 2.47. The van der Waals surface area contributed by atoms with E-state index in [1.807, 2.05) is 0 Å². The SMILES string of the molecule is CCCNCC1CCC(C)(C)CC1c1cc(C)ccc1C. The molecule has 1 aromatic carbocycles. The molecule has 1 saturated carbocycles. The fourth-order valence-electron chi connectivity index (χ4n) is 3.87. The van der Waals surface area contributed by atoms with Gasteiger partial charge in [-0.15, -0.1) is 0 Å². The van der Waals surface area contributed by atoms with E-state index in [0.717, 1.165) is 18.4 Å². The lowest BCUT2D eigenvalue weighted by Gasteiger charge is -2.42. The van der Waals surface area contributed by atoms with Gasteiger partial charge in [0.2, 0.25) is 0 Å². The van der Waals surface area contributed by atoms with Crippen LogP contribution in [0.25, 0.3) is 0 Å². The number of aryl methyl sites for hydroxylation is 2. The third-order valence-electron chi connectivity index (χ3n) is 5.20. The largest absolute Gasteiger partial charge is 0.316 e. The van der Waals surface area contributed by atoms with Crippen LogP contribution >= 0.6 is 0 Å². The lowest BCUT2D eigenvalue weighted by atomic mass is 9.64. The van der Waals surface area contributed by atoms with Gasteiger partial charge in [0.15, 0.2) is 0 Å². The van der Waals surface area contributed by atoms with Gasteiger partial charge in [0.25, 0.3) is 0 Å². The molecule has 2 unspecified atom stereocenters. The maximum atomic E-state index is 3.67. The van der Waals surface area contributed by atoms with Gasteiger partial charge >= 0.3 is 0 Å². The average Bonchev–Trinajstić information content (AvgIpc) is 2.43. The first kappa shape index (κ1) is 16.5. The van der Waals surface area contributed by atoms with Crippen molar-refractivity contribution in [3.05, 3.63) is 34.9 Å². The van der Waals surface area contributed by atoms with E-state index < -0.39 is 0 Å². The molecule has 2 rings (SSSR count). The van der Waals surface area contributed by atoms with Crippen LogP contribution in [-0.2, 0) is 0 Å². The molecule has 1 aromatic rings. The standard InChI is InChI=1S/C20H33N/c1-6-11-21-14-17-9-10-20(4,5)13-19(17)18-12-15(2)7-8-16(18)3/h7-8,12,17,19,21H,6,9-11,13-14H2,1-5H3. The van der Waals surface area contributed by atoms with E-state index in [0.29, 0.717) is 5.41 Å². The second-order valence-electron chi connectivity index (χ2n) is 7.84. The third-order valence-corrected chi connectivity index (χ3v) is 5.20. The Balaban J connectivity index is 2.22. The molecule has 0 radical (unpaired) electrons. The smallest absolute Gasteiger partial charge is 0.00147 e. The number of benzene rings is 1. The summed E-state index contributed by atoms with van der Waals surface area (Å²) in [4.78, 5) is 0. The summed E-state index contributed by atoms with van der Waals surface area (Å²) in [6.45, 7) is 14.0. The lowest BCUT2D eigenvalue weighted by Crippen LogP contribution is -2.35. The number of hydrogen-bond donors (Lipinski definition) is 1. The van der Waals surface area contributed by atoms with Crippen molar-refractivity contribution in [3.8, 4) is 0 Å². The molecule has 1 fully saturated rings. The van der Waals surface area contributed by atoms with Crippen LogP contribution in [0.3, 0.4) is 0 Å². The van der Waals surface area contributed by atoms with Crippen molar-refractivity contribution in [1.29, 1.82) is 0 Å². The molecule has 1 heteroatoms. The first-order valence-electron chi connectivity index (χ1n) is 8.71. The van der Waals surface area contributed by atoms with Crippen molar-refractivity contribution < 1.29 is 0 Å². The van der Waals surface area contributed by atoms with Crippen LogP contribution < -0.4 is 5.32 Å². The normalized spacial score (nSPS) is 25.0. The van der Waals surface area contributed by atoms with Crippen molar-refractivity contribution >= 4 is 0 Å². The Morgan fingerprint density at radius 3 is 2.71 bits per heavy atom. The Labute approximate surface area is 131 Å². The Hall–Kier alpha value is -0.820. The summed E-state index contributed by atoms with van der Waals surface area (Å²) >= 11 is 0. The molecule has 2 atom stereocenters. The lowest BCUT2D eigenvalue weighted by molar-refractivity contribution is 0.159. The molecule has 0 heterocycles. The molecular weight excluding hydrogens is 254 g/mol. The van der Waals surface area contributed by atoms with Crippen molar-refractivity contribution in [2.75, 3.05) is 13.1 Å². The fourth-order valence-corrected chi connectivity index (χ4v) is 3.87. The average molecular weight is 287 g/mol. The van der Waals surface area contributed by atoms with Gasteiger partial charge in [0, 0.05) is 0 Å². The van der Waals surface area contributed by atoms with E-state index in [2.05, 4.69) is 58.1 Å². The predicted octanol–water partition coefficient (Wildman–Crippen LogP) is 5.21. The topological polar surface area (TPSA) is 12.0 Å². The van der Waals surface area contributed by atoms with Crippen LogP contribution in [0, 0.1) is 25.2 Å². The summed E-state index contributed by atoms with van der Waals surface area (Å²) in [7, 11) is 0. The van der Waals surface area contributed by atoms with Crippen LogP contribution in [0.5, 0.6) is 0 Å². The molecule has 1 aliphatic carbocycles. The minimum atomic E-state index is 0.488. The van der Waals surface area contributed by atoms with E-state index in [9.17, 15) is 0 Å². The van der Waals surface area contributed by atoms with Crippen LogP contribution in [0.1, 0.15) is 69.1 Å². The molecule has 0 bridgehead atoms. The van der Waals surface area contributed by atoms with Crippen LogP contribution in [-0.4, -0.2) is 13.1 Å². The molecule has 1 aliphatic rings. The zero-order chi connectivity index (χ0) is 15.5. The summed E-state index contributed by atoms with van der Waals surface area (Å²) in [5, 5.41) is 3.67. The number of hydrogen-bond acceptors (Lipinski definition) is 1. The van der Waals surface area contributed by atoms with E-state index in [1.165, 1.54) is 43.4 Å². The number of nitrogens with one attached hydrogen (secondary N) is 1. The van der Waals surface area contributed by atoms with Crippen LogP contribution in [0.15, 0.2) is 18.2 Å². The first-order chi connectivity index (χ1) is 9.93. The predicted molar refractivity (Wildman–Crippen MR) is 92.9 cm³/mol. The monoisotopic (exact) mass is 287 g/mol. The first-order valence-corrected chi connectivity index (χ1v) is 8.71. The van der Waals surface area contributed by atoms with Crippen molar-refractivity contribution in [3.63, 3.8) is 0 Å². The van der Waals surface area contributed by atoms with E-state index in [1.54, 1.807) is 5.56 Å². The van der Waals surface area contributed by atoms with Crippen LogP contribution in [0.2, 0.25) is 0 Å². The summed E-state index contributed by atoms with van der Waals surface area (Å²) in [5.74, 6) is 1.52. The fraction of sp³-hybridized carbons (Fsp3) is 0.700. The van der Waals surface area contributed by atoms with Crippen molar-refractivity contribution in [1.82, 2.24) is 5.32 Å². The molecule has 0 aliphatic heterocycles. The Kier molecular flexibility index (Phi) is 5.48. The van der Waals surface area contributed by atoms with Gasteiger partial charge < -0.3 is 5.32 Å². The minimum absolute atomic E-state index is 0.488. The second-order valence-corrected chi connectivity index (χ2v) is 7.84. The quantitative estimate of drug-likeness (QED) is 0.733. The zero-order valence-electron chi connectivity index (χ0n) is 14.6. The van der Waals surface area contributed by atoms with E-state index in [-0.39, 0.29) is 0 Å². The second kappa shape index (κ2) is 6.96. The summed E-state index contributed by atoms with van der Waals surface area (Å²) in [6.07, 6.45) is 5.29. The van der Waals surface area contributed by atoms with Crippen LogP contribution in [0.4, 0.5) is 0 Å². The highest BCUT2D eigenvalue weighted by molar-refractivity contribution is 5.34.